The minimum absolute atomic E-state index is 0. The van der Waals surface area contributed by atoms with E-state index in [0.717, 1.165) is 12.5 Å². The molecule has 6 nitrogen and oxygen atoms in total. The van der Waals surface area contributed by atoms with Gasteiger partial charge in [0.25, 0.3) is 5.91 Å². The molecule has 2 rings (SSSR count). The van der Waals surface area contributed by atoms with Gasteiger partial charge in [-0.15, -0.1) is 24.0 Å². The lowest BCUT2D eigenvalue weighted by Gasteiger charge is -2.12. The Labute approximate surface area is 171 Å². The summed E-state index contributed by atoms with van der Waals surface area (Å²) in [6.45, 7) is 6.59. The summed E-state index contributed by atoms with van der Waals surface area (Å²) < 4.78 is 0. The lowest BCUT2D eigenvalue weighted by Crippen LogP contribution is -2.41. The van der Waals surface area contributed by atoms with Crippen molar-refractivity contribution in [3.63, 3.8) is 0 Å². The van der Waals surface area contributed by atoms with Crippen LogP contribution in [0, 0.1) is 6.92 Å². The summed E-state index contributed by atoms with van der Waals surface area (Å²) >= 11 is 0. The zero-order valence-electron chi connectivity index (χ0n) is 15.2. The molecule has 1 aromatic heterocycles. The third-order valence-corrected chi connectivity index (χ3v) is 3.64. The molecule has 0 aliphatic carbocycles. The van der Waals surface area contributed by atoms with E-state index in [9.17, 15) is 4.79 Å². The highest BCUT2D eigenvalue weighted by molar-refractivity contribution is 14.0. The molecule has 0 atom stereocenters. The molecule has 0 bridgehead atoms. The van der Waals surface area contributed by atoms with Crippen LogP contribution in [0.5, 0.6) is 0 Å². The molecule has 0 aliphatic heterocycles. The van der Waals surface area contributed by atoms with Gasteiger partial charge < -0.3 is 16.0 Å². The maximum absolute atomic E-state index is 11.9. The summed E-state index contributed by atoms with van der Waals surface area (Å²) in [6, 6.07) is 11.7. The summed E-state index contributed by atoms with van der Waals surface area (Å²) in [4.78, 5) is 20.5. The first kappa shape index (κ1) is 21.9. The van der Waals surface area contributed by atoms with Crippen molar-refractivity contribution in [1.29, 1.82) is 0 Å². The maximum Gasteiger partial charge on any atom is 0.252 e. The van der Waals surface area contributed by atoms with Crippen molar-refractivity contribution in [3.05, 3.63) is 65.5 Å². The Kier molecular flexibility index (Phi) is 10.3. The molecule has 2 aromatic rings. The number of hydrogen-bond acceptors (Lipinski definition) is 3. The van der Waals surface area contributed by atoms with Crippen LogP contribution in [0.25, 0.3) is 0 Å². The molecular weight excluding hydrogens is 441 g/mol. The highest BCUT2D eigenvalue weighted by atomic mass is 127. The number of guanidine groups is 1. The molecule has 0 aliphatic rings. The number of pyridine rings is 1. The Hall–Kier alpha value is -2.16. The van der Waals surface area contributed by atoms with Crippen LogP contribution >= 0.6 is 24.0 Å². The number of carbonyl (C=O) groups is 1. The van der Waals surface area contributed by atoms with Gasteiger partial charge in [-0.3, -0.25) is 9.78 Å². The fraction of sp³-hybridized carbons (Fsp3) is 0.316. The van der Waals surface area contributed by atoms with E-state index in [4.69, 9.17) is 0 Å². The number of nitrogens with one attached hydrogen (secondary N) is 3. The summed E-state index contributed by atoms with van der Waals surface area (Å²) in [5.74, 6) is 0.609. The van der Waals surface area contributed by atoms with E-state index in [1.807, 2.05) is 19.1 Å². The van der Waals surface area contributed by atoms with Crippen molar-refractivity contribution in [3.8, 4) is 0 Å². The van der Waals surface area contributed by atoms with E-state index >= 15 is 0 Å². The average Bonchev–Trinajstić information content (AvgIpc) is 2.64. The molecular formula is C19H26IN5O. The molecule has 7 heteroatoms. The monoisotopic (exact) mass is 467 g/mol. The number of amides is 1. The highest BCUT2D eigenvalue weighted by Gasteiger charge is 2.04. The second-order valence-electron chi connectivity index (χ2n) is 5.55. The second kappa shape index (κ2) is 12.2. The smallest absolute Gasteiger partial charge is 0.252 e. The van der Waals surface area contributed by atoms with Crippen LogP contribution in [0.2, 0.25) is 0 Å². The van der Waals surface area contributed by atoms with Crippen LogP contribution < -0.4 is 16.0 Å². The fourth-order valence-electron chi connectivity index (χ4n) is 2.25. The molecule has 0 saturated carbocycles. The molecule has 140 valence electrons. The van der Waals surface area contributed by atoms with E-state index < -0.39 is 0 Å². The van der Waals surface area contributed by atoms with Crippen LogP contribution in [-0.4, -0.2) is 36.5 Å². The van der Waals surface area contributed by atoms with Crippen LogP contribution in [-0.2, 0) is 6.54 Å². The van der Waals surface area contributed by atoms with E-state index in [1.165, 1.54) is 11.1 Å². The van der Waals surface area contributed by atoms with Gasteiger partial charge in [0, 0.05) is 32.0 Å². The lowest BCUT2D eigenvalue weighted by molar-refractivity contribution is 0.0954. The third kappa shape index (κ3) is 7.38. The van der Waals surface area contributed by atoms with Gasteiger partial charge in [0.2, 0.25) is 0 Å². The SMILES string of the molecule is CCNC(=NCc1ccccc1C)NCCNC(=O)c1cccnc1.I. The molecule has 1 heterocycles. The van der Waals surface area contributed by atoms with Gasteiger partial charge in [-0.2, -0.15) is 0 Å². The molecule has 1 amide bonds. The zero-order valence-corrected chi connectivity index (χ0v) is 17.5. The normalized spacial score (nSPS) is 10.6. The summed E-state index contributed by atoms with van der Waals surface area (Å²) in [7, 11) is 0. The van der Waals surface area contributed by atoms with Crippen molar-refractivity contribution < 1.29 is 4.79 Å². The van der Waals surface area contributed by atoms with Crippen molar-refractivity contribution in [1.82, 2.24) is 20.9 Å². The average molecular weight is 467 g/mol. The molecule has 26 heavy (non-hydrogen) atoms. The van der Waals surface area contributed by atoms with Gasteiger partial charge in [0.1, 0.15) is 0 Å². The number of aliphatic imine (C=N–C) groups is 1. The predicted octanol–water partition coefficient (Wildman–Crippen LogP) is 2.49. The molecule has 1 aromatic carbocycles. The van der Waals surface area contributed by atoms with Gasteiger partial charge in [0.05, 0.1) is 12.1 Å². The van der Waals surface area contributed by atoms with Crippen molar-refractivity contribution >= 4 is 35.8 Å². The minimum Gasteiger partial charge on any atom is -0.357 e. The number of hydrogen-bond donors (Lipinski definition) is 3. The first-order chi connectivity index (χ1) is 12.2. The van der Waals surface area contributed by atoms with Gasteiger partial charge in [-0.25, -0.2) is 4.99 Å². The largest absolute Gasteiger partial charge is 0.357 e. The minimum atomic E-state index is -0.128. The van der Waals surface area contributed by atoms with Gasteiger partial charge >= 0.3 is 0 Å². The second-order valence-corrected chi connectivity index (χ2v) is 5.55. The molecule has 3 N–H and O–H groups in total. The predicted molar refractivity (Wildman–Crippen MR) is 116 cm³/mol. The van der Waals surface area contributed by atoms with E-state index in [-0.39, 0.29) is 29.9 Å². The number of carbonyl (C=O) groups excluding carboxylic acids is 1. The lowest BCUT2D eigenvalue weighted by atomic mass is 10.1. The van der Waals surface area contributed by atoms with E-state index in [2.05, 4.69) is 45.0 Å². The van der Waals surface area contributed by atoms with Crippen LogP contribution in [0.1, 0.15) is 28.4 Å². The first-order valence-electron chi connectivity index (χ1n) is 8.45. The Morgan fingerprint density at radius 3 is 2.54 bits per heavy atom. The summed E-state index contributed by atoms with van der Waals surface area (Å²) in [6.07, 6.45) is 3.20. The summed E-state index contributed by atoms with van der Waals surface area (Å²) in [5, 5.41) is 9.29. The van der Waals surface area contributed by atoms with Crippen molar-refractivity contribution in [2.75, 3.05) is 19.6 Å². The molecule has 0 fully saturated rings. The van der Waals surface area contributed by atoms with Gasteiger partial charge in [-0.05, 0) is 37.1 Å². The standard InChI is InChI=1S/C19H25N5O.HI/c1-3-21-19(24-14-16-8-5-4-7-15(16)2)23-12-11-22-18(25)17-9-6-10-20-13-17;/h4-10,13H,3,11-12,14H2,1-2H3,(H,22,25)(H2,21,23,24);1H. The Morgan fingerprint density at radius 2 is 1.85 bits per heavy atom. The molecule has 0 radical (unpaired) electrons. The van der Waals surface area contributed by atoms with Gasteiger partial charge in [0.15, 0.2) is 5.96 Å². The quantitative estimate of drug-likeness (QED) is 0.253. The van der Waals surface area contributed by atoms with Crippen molar-refractivity contribution in [2.45, 2.75) is 20.4 Å². The zero-order chi connectivity index (χ0) is 17.9. The number of nitrogens with zero attached hydrogens (tertiary/aromatic N) is 2. The maximum atomic E-state index is 11.9. The molecule has 0 unspecified atom stereocenters. The number of rotatable bonds is 7. The Morgan fingerprint density at radius 1 is 1.08 bits per heavy atom. The van der Waals surface area contributed by atoms with Crippen LogP contribution in [0.4, 0.5) is 0 Å². The fourth-order valence-corrected chi connectivity index (χ4v) is 2.25. The number of benzene rings is 1. The van der Waals surface area contributed by atoms with Crippen LogP contribution in [0.15, 0.2) is 53.8 Å². The Balaban J connectivity index is 0.00000338. The van der Waals surface area contributed by atoms with Crippen molar-refractivity contribution in [2.24, 2.45) is 4.99 Å². The topological polar surface area (TPSA) is 78.4 Å². The van der Waals surface area contributed by atoms with E-state index in [0.29, 0.717) is 25.2 Å². The van der Waals surface area contributed by atoms with Crippen LogP contribution in [0.3, 0.4) is 0 Å². The summed E-state index contributed by atoms with van der Waals surface area (Å²) in [5.41, 5.74) is 2.98. The third-order valence-electron chi connectivity index (χ3n) is 3.64. The number of halogens is 1. The number of aromatic nitrogens is 1. The molecule has 0 spiro atoms. The van der Waals surface area contributed by atoms with E-state index in [1.54, 1.807) is 24.5 Å². The number of aryl methyl sites for hydroxylation is 1. The first-order valence-corrected chi connectivity index (χ1v) is 8.45. The highest BCUT2D eigenvalue weighted by Crippen LogP contribution is 2.07. The Bertz CT molecular complexity index is 706. The molecule has 0 saturated heterocycles. The van der Waals surface area contributed by atoms with Gasteiger partial charge in [-0.1, -0.05) is 24.3 Å².